The van der Waals surface area contributed by atoms with Gasteiger partial charge in [-0.1, -0.05) is 6.42 Å². The van der Waals surface area contributed by atoms with Gasteiger partial charge in [-0.2, -0.15) is 0 Å². The Morgan fingerprint density at radius 1 is 1.06 bits per heavy atom. The number of halogens is 2. The summed E-state index contributed by atoms with van der Waals surface area (Å²) in [4.78, 5) is 4.74. The Labute approximate surface area is 109 Å². The Hall–Kier alpha value is -0.220. The van der Waals surface area contributed by atoms with Crippen LogP contribution in [0.4, 0.5) is 8.78 Å². The van der Waals surface area contributed by atoms with E-state index in [-0.39, 0.29) is 18.9 Å². The topological polar surface area (TPSA) is 6.48 Å². The van der Waals surface area contributed by atoms with Crippen LogP contribution in [0.3, 0.4) is 0 Å². The van der Waals surface area contributed by atoms with Gasteiger partial charge in [-0.3, -0.25) is 9.80 Å². The largest absolute Gasteiger partial charge is 0.298 e. The lowest BCUT2D eigenvalue weighted by atomic mass is 10.0. The Morgan fingerprint density at radius 2 is 1.72 bits per heavy atom. The number of alkyl halides is 2. The van der Waals surface area contributed by atoms with E-state index in [0.29, 0.717) is 12.5 Å². The van der Waals surface area contributed by atoms with Crippen LogP contribution in [0.15, 0.2) is 0 Å². The monoisotopic (exact) mass is 260 g/mol. The average Bonchev–Trinajstić information content (AvgIpc) is 2.50. The van der Waals surface area contributed by atoms with Gasteiger partial charge in [0.2, 0.25) is 5.92 Å². The maximum atomic E-state index is 13.6. The summed E-state index contributed by atoms with van der Waals surface area (Å²) in [7, 11) is 0. The summed E-state index contributed by atoms with van der Waals surface area (Å²) in [5.41, 5.74) is 0. The van der Waals surface area contributed by atoms with Gasteiger partial charge < -0.3 is 0 Å². The van der Waals surface area contributed by atoms with Crippen LogP contribution in [0.5, 0.6) is 0 Å². The molecule has 1 saturated carbocycles. The van der Waals surface area contributed by atoms with Crippen LogP contribution in [-0.2, 0) is 0 Å². The Balaban J connectivity index is 1.88. The van der Waals surface area contributed by atoms with E-state index in [9.17, 15) is 8.78 Å². The number of nitrogens with zero attached hydrogens (tertiary/aromatic N) is 2. The van der Waals surface area contributed by atoms with Crippen molar-refractivity contribution in [3.05, 3.63) is 0 Å². The predicted octanol–water partition coefficient (Wildman–Crippen LogP) is 2.98. The normalized spacial score (nSPS) is 31.5. The lowest BCUT2D eigenvalue weighted by Crippen LogP contribution is -2.52. The molecule has 1 saturated heterocycles. The van der Waals surface area contributed by atoms with Crippen LogP contribution in [0.2, 0.25) is 0 Å². The SMILES string of the molecule is CC(C)N1CCN(C2CCCCC(F)(F)C2)CC1. The van der Waals surface area contributed by atoms with E-state index in [2.05, 4.69) is 23.6 Å². The minimum Gasteiger partial charge on any atom is -0.298 e. The molecule has 1 unspecified atom stereocenters. The highest BCUT2D eigenvalue weighted by atomic mass is 19.3. The fourth-order valence-corrected chi connectivity index (χ4v) is 3.24. The summed E-state index contributed by atoms with van der Waals surface area (Å²) in [5.74, 6) is -2.43. The zero-order chi connectivity index (χ0) is 13.2. The van der Waals surface area contributed by atoms with E-state index >= 15 is 0 Å². The highest BCUT2D eigenvalue weighted by Crippen LogP contribution is 2.34. The first-order valence-electron chi connectivity index (χ1n) is 7.34. The summed E-state index contributed by atoms with van der Waals surface area (Å²) in [6.45, 7) is 8.38. The van der Waals surface area contributed by atoms with E-state index in [1.807, 2.05) is 0 Å². The van der Waals surface area contributed by atoms with Gasteiger partial charge in [0.25, 0.3) is 0 Å². The van der Waals surface area contributed by atoms with Gasteiger partial charge >= 0.3 is 0 Å². The second-order valence-corrected chi connectivity index (χ2v) is 6.13. The van der Waals surface area contributed by atoms with Crippen molar-refractivity contribution in [2.24, 2.45) is 0 Å². The third kappa shape index (κ3) is 3.64. The maximum Gasteiger partial charge on any atom is 0.249 e. The molecule has 2 rings (SSSR count). The first-order valence-corrected chi connectivity index (χ1v) is 7.34. The predicted molar refractivity (Wildman–Crippen MR) is 70.1 cm³/mol. The minimum absolute atomic E-state index is 0.0781. The zero-order valence-electron chi connectivity index (χ0n) is 11.7. The van der Waals surface area contributed by atoms with Crippen molar-refractivity contribution >= 4 is 0 Å². The van der Waals surface area contributed by atoms with Crippen LogP contribution in [0.1, 0.15) is 46.0 Å². The van der Waals surface area contributed by atoms with Crippen molar-refractivity contribution in [1.82, 2.24) is 9.80 Å². The third-order valence-corrected chi connectivity index (χ3v) is 4.46. The fraction of sp³-hybridized carbons (Fsp3) is 1.00. The van der Waals surface area contributed by atoms with Crippen LogP contribution < -0.4 is 0 Å². The highest BCUT2D eigenvalue weighted by Gasteiger charge is 2.37. The van der Waals surface area contributed by atoms with Crippen LogP contribution >= 0.6 is 0 Å². The summed E-state index contributed by atoms with van der Waals surface area (Å²) >= 11 is 0. The third-order valence-electron chi connectivity index (χ3n) is 4.46. The van der Waals surface area contributed by atoms with Crippen molar-refractivity contribution in [3.63, 3.8) is 0 Å². The molecule has 0 N–H and O–H groups in total. The molecule has 1 atom stereocenters. The van der Waals surface area contributed by atoms with E-state index in [0.717, 1.165) is 39.0 Å². The molecular formula is C14H26F2N2. The zero-order valence-corrected chi connectivity index (χ0v) is 11.7. The van der Waals surface area contributed by atoms with E-state index < -0.39 is 5.92 Å². The van der Waals surface area contributed by atoms with Crippen molar-refractivity contribution < 1.29 is 8.78 Å². The smallest absolute Gasteiger partial charge is 0.249 e. The molecule has 0 aromatic rings. The molecule has 1 heterocycles. The molecule has 2 aliphatic rings. The molecule has 106 valence electrons. The average molecular weight is 260 g/mol. The summed E-state index contributed by atoms with van der Waals surface area (Å²) in [6.07, 6.45) is 2.78. The molecule has 0 radical (unpaired) electrons. The molecule has 4 heteroatoms. The van der Waals surface area contributed by atoms with Crippen molar-refractivity contribution in [2.75, 3.05) is 26.2 Å². The van der Waals surface area contributed by atoms with Crippen LogP contribution in [0.25, 0.3) is 0 Å². The summed E-state index contributed by atoms with van der Waals surface area (Å²) in [6, 6.07) is 0.680. The molecule has 0 aromatic carbocycles. The molecule has 0 bridgehead atoms. The van der Waals surface area contributed by atoms with Gasteiger partial charge in [0.1, 0.15) is 0 Å². The van der Waals surface area contributed by atoms with Gasteiger partial charge in [0.15, 0.2) is 0 Å². The first-order chi connectivity index (χ1) is 8.48. The standard InChI is InChI=1S/C14H26F2N2/c1-12(2)17-7-9-18(10-8-17)13-5-3-4-6-14(15,16)11-13/h12-13H,3-11H2,1-2H3. The molecule has 18 heavy (non-hydrogen) atoms. The Morgan fingerprint density at radius 3 is 2.33 bits per heavy atom. The van der Waals surface area contributed by atoms with Crippen molar-refractivity contribution in [3.8, 4) is 0 Å². The molecule has 1 aliphatic carbocycles. The molecule has 0 aromatic heterocycles. The Bertz CT molecular complexity index is 261. The van der Waals surface area contributed by atoms with Gasteiger partial charge in [-0.05, 0) is 26.7 Å². The van der Waals surface area contributed by atoms with Gasteiger partial charge in [-0.15, -0.1) is 0 Å². The molecule has 2 fully saturated rings. The number of hydrogen-bond acceptors (Lipinski definition) is 2. The van der Waals surface area contributed by atoms with Gasteiger partial charge in [0, 0.05) is 51.1 Å². The van der Waals surface area contributed by atoms with E-state index in [4.69, 9.17) is 0 Å². The van der Waals surface area contributed by atoms with Crippen LogP contribution in [0, 0.1) is 0 Å². The number of rotatable bonds is 2. The van der Waals surface area contributed by atoms with Gasteiger partial charge in [-0.25, -0.2) is 8.78 Å². The second kappa shape index (κ2) is 5.83. The van der Waals surface area contributed by atoms with Gasteiger partial charge in [0.05, 0.1) is 0 Å². The van der Waals surface area contributed by atoms with Crippen LogP contribution in [-0.4, -0.2) is 54.0 Å². The number of piperazine rings is 1. The van der Waals surface area contributed by atoms with E-state index in [1.165, 1.54) is 0 Å². The highest BCUT2D eigenvalue weighted by molar-refractivity contribution is 4.86. The molecule has 0 amide bonds. The fourth-order valence-electron chi connectivity index (χ4n) is 3.24. The minimum atomic E-state index is -2.43. The van der Waals surface area contributed by atoms with E-state index in [1.54, 1.807) is 0 Å². The second-order valence-electron chi connectivity index (χ2n) is 6.13. The molecule has 0 spiro atoms. The first kappa shape index (κ1) is 14.2. The Kier molecular flexibility index (Phi) is 4.59. The molecule has 1 aliphatic heterocycles. The quantitative estimate of drug-likeness (QED) is 0.704. The molecule has 2 nitrogen and oxygen atoms in total. The van der Waals surface area contributed by atoms with Crippen molar-refractivity contribution in [2.45, 2.75) is 64.0 Å². The molecular weight excluding hydrogens is 234 g/mol. The maximum absolute atomic E-state index is 13.6. The lowest BCUT2D eigenvalue weighted by Gasteiger charge is -2.41. The van der Waals surface area contributed by atoms with Crippen molar-refractivity contribution in [1.29, 1.82) is 0 Å². The summed E-state index contributed by atoms with van der Waals surface area (Å²) in [5, 5.41) is 0. The summed E-state index contributed by atoms with van der Waals surface area (Å²) < 4.78 is 27.3. The lowest BCUT2D eigenvalue weighted by molar-refractivity contribution is -0.0401. The number of hydrogen-bond donors (Lipinski definition) is 0.